The van der Waals surface area contributed by atoms with E-state index in [2.05, 4.69) is 27.3 Å². The summed E-state index contributed by atoms with van der Waals surface area (Å²) in [6.07, 6.45) is 3.82. The molecule has 3 heterocycles. The maximum atomic E-state index is 13.1. The summed E-state index contributed by atoms with van der Waals surface area (Å²) in [5.74, 6) is 1.26. The van der Waals surface area contributed by atoms with Crippen LogP contribution in [-0.4, -0.2) is 89.2 Å². The van der Waals surface area contributed by atoms with Crippen molar-refractivity contribution < 1.29 is 19.1 Å². The first kappa shape index (κ1) is 22.8. The Kier molecular flexibility index (Phi) is 5.18. The Balaban J connectivity index is 1.17. The first-order chi connectivity index (χ1) is 17.4. The van der Waals surface area contributed by atoms with Crippen LogP contribution in [0.3, 0.4) is 0 Å². The zero-order chi connectivity index (χ0) is 25.1. The number of rotatable bonds is 6. The number of ether oxygens (including phenoxy) is 2. The second-order valence-electron chi connectivity index (χ2n) is 10.3. The number of nitrogens with zero attached hydrogens (tertiary/aromatic N) is 5. The fourth-order valence-corrected chi connectivity index (χ4v) is 6.02. The number of likely N-dealkylation sites (N-methyl/N-ethyl adjacent to an activating group) is 1. The van der Waals surface area contributed by atoms with Gasteiger partial charge >= 0.3 is 0 Å². The normalized spacial score (nSPS) is 25.1. The molecule has 1 aliphatic heterocycles. The van der Waals surface area contributed by atoms with Gasteiger partial charge in [0.1, 0.15) is 0 Å². The Bertz CT molecular complexity index is 1340. The monoisotopic (exact) mass is 490 g/mol. The van der Waals surface area contributed by atoms with Gasteiger partial charge in [0.15, 0.2) is 22.8 Å². The molecule has 2 aromatic heterocycles. The average Bonchev–Trinajstić information content (AvgIpc) is 3.29. The molecule has 1 aromatic carbocycles. The molecule has 7 rings (SSSR count). The second-order valence-corrected chi connectivity index (χ2v) is 10.3. The summed E-state index contributed by atoms with van der Waals surface area (Å²) in [5, 5.41) is 7.73. The molecule has 2 amide bonds. The van der Waals surface area contributed by atoms with Gasteiger partial charge in [0.05, 0.1) is 25.3 Å². The predicted molar refractivity (Wildman–Crippen MR) is 132 cm³/mol. The Morgan fingerprint density at radius 1 is 0.972 bits per heavy atom. The molecule has 1 saturated heterocycles. The number of hydrogen-bond donors (Lipinski definition) is 1. The highest BCUT2D eigenvalue weighted by Crippen LogP contribution is 2.68. The predicted octanol–water partition coefficient (Wildman–Crippen LogP) is 1.84. The van der Waals surface area contributed by atoms with Crippen LogP contribution < -0.4 is 14.8 Å². The van der Waals surface area contributed by atoms with Gasteiger partial charge in [0.25, 0.3) is 5.91 Å². The van der Waals surface area contributed by atoms with Crippen molar-refractivity contribution >= 4 is 17.5 Å². The zero-order valence-corrected chi connectivity index (χ0v) is 20.8. The van der Waals surface area contributed by atoms with Crippen LogP contribution in [0.5, 0.6) is 11.5 Å². The van der Waals surface area contributed by atoms with Crippen molar-refractivity contribution in [1.29, 1.82) is 0 Å². The van der Waals surface area contributed by atoms with Crippen molar-refractivity contribution in [1.82, 2.24) is 29.7 Å². The average molecular weight is 491 g/mol. The third kappa shape index (κ3) is 3.50. The molecule has 188 valence electrons. The van der Waals surface area contributed by atoms with E-state index in [0.29, 0.717) is 42.1 Å². The van der Waals surface area contributed by atoms with Crippen LogP contribution in [-0.2, 0) is 4.79 Å². The van der Waals surface area contributed by atoms with Gasteiger partial charge in [-0.2, -0.15) is 5.10 Å². The van der Waals surface area contributed by atoms with Crippen molar-refractivity contribution in [3.05, 3.63) is 42.2 Å². The molecular weight excluding hydrogens is 460 g/mol. The summed E-state index contributed by atoms with van der Waals surface area (Å²) in [7, 11) is 5.27. The van der Waals surface area contributed by atoms with Crippen LogP contribution in [0, 0.1) is 5.41 Å². The highest BCUT2D eigenvalue weighted by molar-refractivity contribution is 5.96. The molecule has 4 aliphatic rings. The summed E-state index contributed by atoms with van der Waals surface area (Å²) in [5.41, 5.74) is 1.94. The number of carbonyl (C=O) groups excluding carboxylic acids is 2. The molecule has 0 atom stereocenters. The molecule has 36 heavy (non-hydrogen) atoms. The van der Waals surface area contributed by atoms with Crippen LogP contribution in [0.4, 0.5) is 0 Å². The fourth-order valence-electron chi connectivity index (χ4n) is 6.02. The van der Waals surface area contributed by atoms with Gasteiger partial charge in [-0.3, -0.25) is 9.59 Å². The van der Waals surface area contributed by atoms with Crippen LogP contribution in [0.25, 0.3) is 16.9 Å². The van der Waals surface area contributed by atoms with E-state index in [4.69, 9.17) is 9.47 Å². The Morgan fingerprint density at radius 3 is 2.39 bits per heavy atom. The summed E-state index contributed by atoms with van der Waals surface area (Å²) in [4.78, 5) is 34.8. The van der Waals surface area contributed by atoms with Gasteiger partial charge in [0.2, 0.25) is 5.91 Å². The molecule has 1 N–H and O–H groups in total. The second kappa shape index (κ2) is 8.19. The smallest absolute Gasteiger partial charge is 0.272 e. The highest BCUT2D eigenvalue weighted by Gasteiger charge is 2.72. The Labute approximate surface area is 209 Å². The van der Waals surface area contributed by atoms with E-state index in [1.165, 1.54) is 0 Å². The number of nitrogens with one attached hydrogen (secondary N) is 1. The number of aromatic nitrogens is 3. The quantitative estimate of drug-likeness (QED) is 0.563. The van der Waals surface area contributed by atoms with E-state index in [0.717, 1.165) is 37.4 Å². The van der Waals surface area contributed by atoms with Crippen molar-refractivity contribution in [3.63, 3.8) is 0 Å². The number of methoxy groups -OCH3 is 2. The van der Waals surface area contributed by atoms with E-state index in [1.807, 2.05) is 29.2 Å². The number of benzene rings is 1. The number of piperazine rings is 1. The minimum Gasteiger partial charge on any atom is -0.493 e. The molecule has 0 radical (unpaired) electrons. The van der Waals surface area contributed by atoms with Crippen LogP contribution in [0.15, 0.2) is 36.5 Å². The van der Waals surface area contributed by atoms with Crippen LogP contribution >= 0.6 is 0 Å². The third-order valence-corrected chi connectivity index (χ3v) is 7.92. The van der Waals surface area contributed by atoms with E-state index < -0.39 is 0 Å². The van der Waals surface area contributed by atoms with Crippen molar-refractivity contribution in [3.8, 4) is 22.8 Å². The molecule has 0 unspecified atom stereocenters. The largest absolute Gasteiger partial charge is 0.493 e. The molecule has 10 heteroatoms. The van der Waals surface area contributed by atoms with Gasteiger partial charge < -0.3 is 24.6 Å². The van der Waals surface area contributed by atoms with Crippen LogP contribution in [0.1, 0.15) is 29.8 Å². The first-order valence-corrected chi connectivity index (χ1v) is 12.2. The zero-order valence-electron chi connectivity index (χ0n) is 20.8. The number of carbonyl (C=O) groups is 2. The number of hydrogen-bond acceptors (Lipinski definition) is 7. The van der Waals surface area contributed by atoms with Crippen molar-refractivity contribution in [2.45, 2.75) is 24.8 Å². The van der Waals surface area contributed by atoms with Crippen molar-refractivity contribution in [2.24, 2.45) is 5.41 Å². The van der Waals surface area contributed by atoms with E-state index >= 15 is 0 Å². The standard InChI is InChI=1S/C26H30N6O4/c1-30-8-10-31(11-9-30)24(34)25-14-26(15-25,16-25)28-23(33)18-13-22-27-7-6-19(32(22)29-18)17-4-5-20(35-2)21(12-17)36-3/h4-7,12-13H,8-11,14-16H2,1-3H3,(H,28,33). The molecular formula is C26H30N6O4. The van der Waals surface area contributed by atoms with E-state index in [-0.39, 0.29) is 22.8 Å². The third-order valence-electron chi connectivity index (χ3n) is 7.92. The summed E-state index contributed by atoms with van der Waals surface area (Å²) < 4.78 is 12.4. The number of fused-ring (bicyclic) bond motifs is 1. The van der Waals surface area contributed by atoms with E-state index in [1.54, 1.807) is 31.0 Å². The summed E-state index contributed by atoms with van der Waals surface area (Å²) in [6.45, 7) is 3.40. The summed E-state index contributed by atoms with van der Waals surface area (Å²) in [6, 6.07) is 9.15. The Morgan fingerprint density at radius 2 is 1.69 bits per heavy atom. The van der Waals surface area contributed by atoms with Gasteiger partial charge in [0, 0.05) is 49.5 Å². The number of amides is 2. The highest BCUT2D eigenvalue weighted by atomic mass is 16.5. The fraction of sp³-hybridized carbons (Fsp3) is 0.462. The topological polar surface area (TPSA) is 101 Å². The molecule has 2 bridgehead atoms. The lowest BCUT2D eigenvalue weighted by atomic mass is 9.39. The SMILES string of the molecule is COc1ccc(-c2ccnc3cc(C(=O)NC45CC(C(=O)N6CCN(C)CC6)(C4)C5)nn23)cc1OC. The molecule has 10 nitrogen and oxygen atoms in total. The first-order valence-electron chi connectivity index (χ1n) is 12.2. The van der Waals surface area contributed by atoms with Gasteiger partial charge in [-0.05, 0) is 50.6 Å². The van der Waals surface area contributed by atoms with Gasteiger partial charge in [-0.1, -0.05) is 0 Å². The Hall–Kier alpha value is -3.66. The van der Waals surface area contributed by atoms with Crippen molar-refractivity contribution in [2.75, 3.05) is 47.4 Å². The van der Waals surface area contributed by atoms with Gasteiger partial charge in [-0.25, -0.2) is 9.50 Å². The maximum Gasteiger partial charge on any atom is 0.272 e. The minimum atomic E-state index is -0.297. The molecule has 3 aromatic rings. The minimum absolute atomic E-state index is 0.237. The summed E-state index contributed by atoms with van der Waals surface area (Å²) >= 11 is 0. The van der Waals surface area contributed by atoms with Crippen LogP contribution in [0.2, 0.25) is 0 Å². The molecule has 3 saturated carbocycles. The molecule has 4 fully saturated rings. The van der Waals surface area contributed by atoms with E-state index in [9.17, 15) is 9.59 Å². The molecule has 3 aliphatic carbocycles. The lowest BCUT2D eigenvalue weighted by Gasteiger charge is -2.69. The lowest BCUT2D eigenvalue weighted by Crippen LogP contribution is -2.78. The maximum absolute atomic E-state index is 13.1. The van der Waals surface area contributed by atoms with Gasteiger partial charge in [-0.15, -0.1) is 0 Å². The lowest BCUT2D eigenvalue weighted by molar-refractivity contribution is -0.190. The molecule has 0 spiro atoms.